The zero-order valence-corrected chi connectivity index (χ0v) is 37.0. The van der Waals surface area contributed by atoms with Crippen molar-refractivity contribution in [2.24, 2.45) is 71.6 Å². The van der Waals surface area contributed by atoms with Crippen molar-refractivity contribution in [2.75, 3.05) is 4.90 Å². The first-order chi connectivity index (χ1) is 32.6. The highest BCUT2D eigenvalue weighted by molar-refractivity contribution is 6.36. The van der Waals surface area contributed by atoms with Crippen molar-refractivity contribution in [3.05, 3.63) is 104 Å². The summed E-state index contributed by atoms with van der Waals surface area (Å²) in [4.78, 5) is 105. The van der Waals surface area contributed by atoms with Crippen LogP contribution in [-0.2, 0) is 41.5 Å². The second-order valence-corrected chi connectivity index (χ2v) is 14.6. The maximum Gasteiger partial charge on any atom is 0.418 e. The third-order valence-corrected chi connectivity index (χ3v) is 9.36. The Labute approximate surface area is 401 Å². The van der Waals surface area contributed by atoms with E-state index in [9.17, 15) is 57.2 Å². The number of nitro groups is 1. The Morgan fingerprint density at radius 3 is 1.47 bits per heavy atom. The number of nitrogens with zero attached hydrogens (tertiary/aromatic N) is 6. The van der Waals surface area contributed by atoms with Gasteiger partial charge in [0.2, 0.25) is 36.8 Å². The van der Waals surface area contributed by atoms with Gasteiger partial charge in [0.05, 0.1) is 16.2 Å². The Hall–Kier alpha value is -8.91. The number of anilines is 1. The minimum absolute atomic E-state index is 0.100. The highest BCUT2D eigenvalue weighted by atomic mass is 35.5. The molecule has 0 radical (unpaired) electrons. The summed E-state index contributed by atoms with van der Waals surface area (Å²) in [5, 5.41) is 32.9. The summed E-state index contributed by atoms with van der Waals surface area (Å²) in [6, 6.07) is 10.2. The van der Waals surface area contributed by atoms with E-state index in [-0.39, 0.29) is 27.2 Å². The number of benzene rings is 3. The molecule has 0 aliphatic heterocycles. The molecule has 6 unspecified atom stereocenters. The lowest BCUT2D eigenvalue weighted by Gasteiger charge is -2.33. The summed E-state index contributed by atoms with van der Waals surface area (Å²) in [5.74, 6) is -11.9. The minimum Gasteiger partial charge on any atom is -0.370 e. The van der Waals surface area contributed by atoms with Crippen molar-refractivity contribution in [3.63, 3.8) is 0 Å². The molecule has 376 valence electrons. The number of aliphatic hydroxyl groups is 1. The number of hydrogen-bond acceptors (Lipinski definition) is 14. The van der Waals surface area contributed by atoms with E-state index >= 15 is 0 Å². The molecule has 0 aliphatic carbocycles. The highest BCUT2D eigenvalue weighted by Crippen LogP contribution is 2.41. The number of nitrogens with two attached hydrogens (primary N) is 9. The summed E-state index contributed by atoms with van der Waals surface area (Å²) in [7, 11) is 0. The first kappa shape index (κ1) is 55.4. The second kappa shape index (κ2) is 24.2. The first-order valence-corrected chi connectivity index (χ1v) is 19.8. The molecule has 6 atom stereocenters. The van der Waals surface area contributed by atoms with Crippen molar-refractivity contribution >= 4 is 93.9 Å². The Kier molecular flexibility index (Phi) is 19.2. The van der Waals surface area contributed by atoms with E-state index in [4.69, 9.17) is 74.8 Å². The van der Waals surface area contributed by atoms with Crippen LogP contribution in [0.5, 0.6) is 0 Å². The normalized spacial score (nSPS) is 13.4. The van der Waals surface area contributed by atoms with E-state index in [2.05, 4.69) is 30.6 Å². The van der Waals surface area contributed by atoms with Gasteiger partial charge in [0.15, 0.2) is 23.8 Å². The molecule has 0 spiro atoms. The molecule has 3 aromatic rings. The summed E-state index contributed by atoms with van der Waals surface area (Å²) >= 11 is 12.6. The molecule has 0 saturated heterocycles. The molecule has 3 aromatic carbocycles. The van der Waals surface area contributed by atoms with E-state index in [1.807, 2.05) is 16.0 Å². The fourth-order valence-electron chi connectivity index (χ4n) is 5.67. The average Bonchev–Trinajstić information content (AvgIpc) is 3.25. The van der Waals surface area contributed by atoms with Crippen LogP contribution in [0.2, 0.25) is 10.0 Å². The zero-order chi connectivity index (χ0) is 52.8. The molecule has 70 heavy (non-hydrogen) atoms. The molecule has 0 aliphatic rings. The van der Waals surface area contributed by atoms with Crippen LogP contribution in [0.15, 0.2) is 86.7 Å². The molecular formula is C36H43Cl2F3N20O9. The SMILES string of the molecule is NC(=O)C(N=C(N)N)NC(=O)C(N=C(N)N)NC(=O)C(N=C(N)N)NC(=O)C(N=C(N)N)NC(=O)C(NC(=O)C(O)N(Cc1c(Cl)cccc1Cl)c1ccc([N+](=O)[O-])cc1C(F)(F)F)c1ccccc1. The van der Waals surface area contributed by atoms with Crippen LogP contribution in [0.25, 0.3) is 0 Å². The number of carbonyl (C=O) groups is 6. The molecule has 6 amide bonds. The lowest BCUT2D eigenvalue weighted by Crippen LogP contribution is -2.58. The summed E-state index contributed by atoms with van der Waals surface area (Å²) in [5.41, 5.74) is 44.6. The third kappa shape index (κ3) is 15.9. The number of aliphatic hydroxyl groups excluding tert-OH is 1. The molecule has 3 rings (SSSR count). The van der Waals surface area contributed by atoms with Gasteiger partial charge < -0.3 is 88.2 Å². The lowest BCUT2D eigenvalue weighted by molar-refractivity contribution is -0.385. The van der Waals surface area contributed by atoms with Gasteiger partial charge in [-0.15, -0.1) is 0 Å². The predicted octanol–water partition coefficient (Wildman–Crippen LogP) is -4.55. The van der Waals surface area contributed by atoms with E-state index in [1.165, 1.54) is 48.5 Å². The summed E-state index contributed by atoms with van der Waals surface area (Å²) < 4.78 is 43.7. The second-order valence-electron chi connectivity index (χ2n) is 13.8. The minimum atomic E-state index is -5.33. The fourth-order valence-corrected chi connectivity index (χ4v) is 6.19. The van der Waals surface area contributed by atoms with Gasteiger partial charge in [-0.25, -0.2) is 20.0 Å². The van der Waals surface area contributed by atoms with Gasteiger partial charge in [-0.2, -0.15) is 13.2 Å². The number of hydrogen-bond donors (Lipinski definition) is 15. The van der Waals surface area contributed by atoms with Crippen LogP contribution >= 0.6 is 23.2 Å². The van der Waals surface area contributed by atoms with Gasteiger partial charge in [-0.05, 0) is 23.8 Å². The number of primary amides is 1. The number of nitrogens with one attached hydrogen (secondary N) is 5. The number of carbonyl (C=O) groups excluding carboxylic acids is 6. The smallest absolute Gasteiger partial charge is 0.370 e. The number of non-ortho nitro benzene ring substituents is 1. The molecule has 0 fully saturated rings. The molecular weight excluding hydrogens is 984 g/mol. The van der Waals surface area contributed by atoms with E-state index in [0.29, 0.717) is 17.0 Å². The number of guanidine groups is 4. The quantitative estimate of drug-likeness (QED) is 0.0157. The Morgan fingerprint density at radius 2 is 1.06 bits per heavy atom. The zero-order valence-electron chi connectivity index (χ0n) is 35.5. The standard InChI is InChI=1S/C36H43Cl2F3N20O9/c37-17-7-4-8-18(38)15(17)12-60(19-10-9-14(61(69)70)11-16(19)36(39,40)41)31(68)30(67)51-20(13-5-2-1-3-6-13)26(63)53-23(57-33(45)46)28(65)55-25(59-35(49)50)29(66)54-24(58-34(47)48)27(64)52-22(21(42)62)56-32(43)44/h1-11,20,22-25,31,68H,12H2,(H2,42,62)(H,51,67)(H,52,64)(H,53,63)(H,54,66)(H,55,65)(H4,43,44,56)(H4,45,46,57)(H4,47,48,58)(H4,49,50,59). The summed E-state index contributed by atoms with van der Waals surface area (Å²) in [6.45, 7) is -0.851. The first-order valence-electron chi connectivity index (χ1n) is 19.1. The van der Waals surface area contributed by atoms with E-state index < -0.39 is 131 Å². The number of alkyl halides is 3. The Balaban J connectivity index is 2.05. The maximum absolute atomic E-state index is 14.6. The molecule has 0 bridgehead atoms. The van der Waals surface area contributed by atoms with Gasteiger partial charge in [0.1, 0.15) is 6.04 Å². The van der Waals surface area contributed by atoms with Crippen molar-refractivity contribution in [3.8, 4) is 0 Å². The summed E-state index contributed by atoms with van der Waals surface area (Å²) in [6.07, 6.45) is -16.6. The Morgan fingerprint density at radius 1 is 0.629 bits per heavy atom. The van der Waals surface area contributed by atoms with Crippen LogP contribution in [0.4, 0.5) is 24.5 Å². The van der Waals surface area contributed by atoms with Gasteiger partial charge in [0, 0.05) is 34.3 Å². The highest BCUT2D eigenvalue weighted by Gasteiger charge is 2.40. The molecule has 24 N–H and O–H groups in total. The number of nitro benzene ring substituents is 1. The van der Waals surface area contributed by atoms with Crippen molar-refractivity contribution in [1.82, 2.24) is 26.6 Å². The fraction of sp³-hybridized carbons (Fsp3) is 0.222. The average molecular weight is 1030 g/mol. The number of rotatable bonds is 21. The van der Waals surface area contributed by atoms with Crippen LogP contribution in [-0.4, -0.2) is 100 Å². The van der Waals surface area contributed by atoms with E-state index in [0.717, 1.165) is 0 Å². The topological polar surface area (TPSA) is 513 Å². The van der Waals surface area contributed by atoms with Gasteiger partial charge in [-0.3, -0.25) is 38.9 Å². The van der Waals surface area contributed by atoms with Gasteiger partial charge in [-0.1, -0.05) is 59.6 Å². The molecule has 0 aromatic heterocycles. The number of halogens is 5. The van der Waals surface area contributed by atoms with Crippen molar-refractivity contribution < 1.29 is 52.0 Å². The van der Waals surface area contributed by atoms with Crippen molar-refractivity contribution in [2.45, 2.75) is 49.7 Å². The largest absolute Gasteiger partial charge is 0.418 e. The molecule has 34 heteroatoms. The monoisotopic (exact) mass is 1030 g/mol. The number of aliphatic imine (C=N–C) groups is 4. The van der Waals surface area contributed by atoms with Gasteiger partial charge >= 0.3 is 6.18 Å². The van der Waals surface area contributed by atoms with Crippen LogP contribution in [0, 0.1) is 10.1 Å². The maximum atomic E-state index is 14.6. The lowest BCUT2D eigenvalue weighted by atomic mass is 10.1. The molecule has 0 heterocycles. The van der Waals surface area contributed by atoms with Crippen molar-refractivity contribution in [1.29, 1.82) is 0 Å². The van der Waals surface area contributed by atoms with Crippen LogP contribution < -0.4 is 83.1 Å². The number of amides is 6. The van der Waals surface area contributed by atoms with Crippen LogP contribution in [0.1, 0.15) is 22.7 Å². The predicted molar refractivity (Wildman–Crippen MR) is 244 cm³/mol. The third-order valence-electron chi connectivity index (χ3n) is 8.65. The van der Waals surface area contributed by atoms with Crippen LogP contribution in [0.3, 0.4) is 0 Å². The van der Waals surface area contributed by atoms with Gasteiger partial charge in [0.25, 0.3) is 35.2 Å². The van der Waals surface area contributed by atoms with E-state index in [1.54, 1.807) is 0 Å². The Bertz CT molecular complexity index is 2570. The molecule has 0 saturated carbocycles. The molecule has 29 nitrogen and oxygen atoms in total.